The van der Waals surface area contributed by atoms with Crippen molar-refractivity contribution in [3.05, 3.63) is 50.7 Å². The van der Waals surface area contributed by atoms with Crippen molar-refractivity contribution in [2.24, 2.45) is 0 Å². The molecule has 1 saturated heterocycles. The molecule has 8 nitrogen and oxygen atoms in total. The number of nitrogens with zero attached hydrogens (tertiary/aromatic N) is 2. The number of nitrogens with one attached hydrogen (secondary N) is 2. The van der Waals surface area contributed by atoms with Gasteiger partial charge in [-0.2, -0.15) is 0 Å². The van der Waals surface area contributed by atoms with Crippen molar-refractivity contribution in [3.63, 3.8) is 0 Å². The summed E-state index contributed by atoms with van der Waals surface area (Å²) in [5, 5.41) is 5.85. The Kier molecular flexibility index (Phi) is 10.5. The van der Waals surface area contributed by atoms with Gasteiger partial charge in [-0.3, -0.25) is 19.2 Å². The second-order valence-corrected chi connectivity index (χ2v) is 8.77. The van der Waals surface area contributed by atoms with Gasteiger partial charge < -0.3 is 20.4 Å². The fourth-order valence-electron chi connectivity index (χ4n) is 3.25. The molecule has 0 radical (unpaired) electrons. The van der Waals surface area contributed by atoms with Crippen LogP contribution < -0.4 is 10.6 Å². The monoisotopic (exact) mass is 492 g/mol. The highest BCUT2D eigenvalue weighted by Gasteiger charge is 2.22. The smallest absolute Gasteiger partial charge is 0.265 e. The molecule has 0 unspecified atom stereocenters. The number of benzene rings is 1. The van der Waals surface area contributed by atoms with E-state index in [4.69, 9.17) is 11.6 Å². The lowest BCUT2D eigenvalue weighted by Crippen LogP contribution is -2.47. The Balaban J connectivity index is 0.00000187. The van der Waals surface area contributed by atoms with Crippen molar-refractivity contribution in [1.82, 2.24) is 15.1 Å². The topological polar surface area (TPSA) is 98.8 Å². The molecule has 2 N–H and O–H groups in total. The second-order valence-electron chi connectivity index (χ2n) is 7.05. The maximum atomic E-state index is 12.9. The standard InChI is InChI=1S/C21H23ClN4O4S.C2H6/c1-25(10-7-19(28)26-11-8-23-9-12-26)21(30)14-3-2-4-16(15(14)13-27)24-20(29)17-5-6-18(22)31-17;1-2/h2-6,13,23H,7-12H2,1H3,(H,24,29);1-2H3. The molecule has 0 bridgehead atoms. The van der Waals surface area contributed by atoms with Crippen molar-refractivity contribution in [3.8, 4) is 0 Å². The molecule has 10 heteroatoms. The molecule has 0 spiro atoms. The molecule has 1 aliphatic rings. The molecular weight excluding hydrogens is 464 g/mol. The van der Waals surface area contributed by atoms with E-state index in [9.17, 15) is 19.2 Å². The van der Waals surface area contributed by atoms with Crippen LogP contribution in [0.15, 0.2) is 30.3 Å². The van der Waals surface area contributed by atoms with Crippen molar-refractivity contribution >= 4 is 52.6 Å². The van der Waals surface area contributed by atoms with Gasteiger partial charge in [0.2, 0.25) is 5.91 Å². The van der Waals surface area contributed by atoms with E-state index >= 15 is 0 Å². The SMILES string of the molecule is CC.CN(CCC(=O)N1CCNCC1)C(=O)c1cccc(NC(=O)c2ccc(Cl)s2)c1C=O. The highest BCUT2D eigenvalue weighted by molar-refractivity contribution is 7.18. The molecule has 1 aromatic heterocycles. The molecule has 1 aliphatic heterocycles. The molecule has 0 atom stereocenters. The van der Waals surface area contributed by atoms with E-state index in [1.165, 1.54) is 11.0 Å². The first kappa shape index (κ1) is 26.5. The summed E-state index contributed by atoms with van der Waals surface area (Å²) in [5.41, 5.74) is 0.485. The molecule has 1 aromatic carbocycles. The van der Waals surface area contributed by atoms with Crippen LogP contribution in [-0.2, 0) is 4.79 Å². The molecule has 33 heavy (non-hydrogen) atoms. The largest absolute Gasteiger partial charge is 0.341 e. The predicted molar refractivity (Wildman–Crippen MR) is 131 cm³/mol. The zero-order valence-corrected chi connectivity index (χ0v) is 20.6. The third kappa shape index (κ3) is 7.12. The minimum Gasteiger partial charge on any atom is -0.341 e. The van der Waals surface area contributed by atoms with E-state index in [0.29, 0.717) is 28.6 Å². The van der Waals surface area contributed by atoms with Crippen LogP contribution in [0.2, 0.25) is 4.34 Å². The predicted octanol–water partition coefficient (Wildman–Crippen LogP) is 3.39. The first-order valence-electron chi connectivity index (χ1n) is 10.8. The summed E-state index contributed by atoms with van der Waals surface area (Å²) in [6.07, 6.45) is 0.748. The van der Waals surface area contributed by atoms with Crippen LogP contribution in [0.3, 0.4) is 0 Å². The zero-order chi connectivity index (χ0) is 24.4. The Bertz CT molecular complexity index is 989. The van der Waals surface area contributed by atoms with Gasteiger partial charge >= 0.3 is 0 Å². The third-order valence-corrected chi connectivity index (χ3v) is 6.21. The van der Waals surface area contributed by atoms with Gasteiger partial charge in [-0.05, 0) is 24.3 Å². The number of piperazine rings is 1. The quantitative estimate of drug-likeness (QED) is 0.577. The number of hydrogen-bond acceptors (Lipinski definition) is 6. The average molecular weight is 493 g/mol. The number of amides is 3. The van der Waals surface area contributed by atoms with Gasteiger partial charge in [-0.15, -0.1) is 11.3 Å². The van der Waals surface area contributed by atoms with Crippen LogP contribution in [0.1, 0.15) is 50.7 Å². The first-order chi connectivity index (χ1) is 15.9. The van der Waals surface area contributed by atoms with E-state index in [1.807, 2.05) is 13.8 Å². The Morgan fingerprint density at radius 1 is 1.18 bits per heavy atom. The van der Waals surface area contributed by atoms with Gasteiger partial charge in [-0.25, -0.2) is 0 Å². The maximum absolute atomic E-state index is 12.9. The number of aldehydes is 1. The molecule has 3 rings (SSSR count). The Morgan fingerprint density at radius 3 is 2.48 bits per heavy atom. The number of carbonyl (C=O) groups is 4. The van der Waals surface area contributed by atoms with E-state index < -0.39 is 11.8 Å². The third-order valence-electron chi connectivity index (χ3n) is 4.98. The highest BCUT2D eigenvalue weighted by Crippen LogP contribution is 2.24. The molecule has 0 saturated carbocycles. The van der Waals surface area contributed by atoms with Crippen molar-refractivity contribution in [1.29, 1.82) is 0 Å². The normalized spacial score (nSPS) is 12.9. The highest BCUT2D eigenvalue weighted by atomic mass is 35.5. The van der Waals surface area contributed by atoms with Crippen LogP contribution in [0.4, 0.5) is 5.69 Å². The summed E-state index contributed by atoms with van der Waals surface area (Å²) in [6, 6.07) is 7.87. The Labute approximate surface area is 202 Å². The van der Waals surface area contributed by atoms with Gasteiger partial charge in [0.1, 0.15) is 0 Å². The fourth-order valence-corrected chi connectivity index (χ4v) is 4.19. The summed E-state index contributed by atoms with van der Waals surface area (Å²) in [7, 11) is 1.58. The Morgan fingerprint density at radius 2 is 1.88 bits per heavy atom. The summed E-state index contributed by atoms with van der Waals surface area (Å²) in [6.45, 7) is 7.06. The van der Waals surface area contributed by atoms with Crippen molar-refractivity contribution < 1.29 is 19.2 Å². The van der Waals surface area contributed by atoms with E-state index in [-0.39, 0.29) is 35.7 Å². The molecular formula is C23H29ClN4O4S. The van der Waals surface area contributed by atoms with Crippen molar-refractivity contribution in [2.75, 3.05) is 45.1 Å². The van der Waals surface area contributed by atoms with Crippen LogP contribution in [0.5, 0.6) is 0 Å². The lowest BCUT2D eigenvalue weighted by molar-refractivity contribution is -0.131. The van der Waals surface area contributed by atoms with E-state index in [1.54, 1.807) is 36.2 Å². The molecule has 1 fully saturated rings. The lowest BCUT2D eigenvalue weighted by Gasteiger charge is -2.28. The number of carbonyl (C=O) groups excluding carboxylic acids is 4. The number of halogens is 1. The molecule has 0 aliphatic carbocycles. The van der Waals surface area contributed by atoms with Gasteiger partial charge in [0.05, 0.1) is 26.0 Å². The summed E-state index contributed by atoms with van der Waals surface area (Å²) in [4.78, 5) is 53.0. The Hall–Kier alpha value is -2.75. The van der Waals surface area contributed by atoms with Crippen LogP contribution in [0.25, 0.3) is 0 Å². The molecule has 2 aromatic rings. The lowest BCUT2D eigenvalue weighted by atomic mass is 10.0. The molecule has 3 amide bonds. The number of anilines is 1. The van der Waals surface area contributed by atoms with Crippen molar-refractivity contribution in [2.45, 2.75) is 20.3 Å². The number of thiophene rings is 1. The summed E-state index contributed by atoms with van der Waals surface area (Å²) < 4.78 is 0.474. The summed E-state index contributed by atoms with van der Waals surface area (Å²) in [5.74, 6) is -0.822. The molecule has 2 heterocycles. The first-order valence-corrected chi connectivity index (χ1v) is 12.0. The van der Waals surface area contributed by atoms with E-state index in [0.717, 1.165) is 24.4 Å². The number of rotatable bonds is 7. The maximum Gasteiger partial charge on any atom is 0.265 e. The van der Waals surface area contributed by atoms with Crippen LogP contribution in [-0.4, -0.2) is 73.6 Å². The van der Waals surface area contributed by atoms with Gasteiger partial charge in [0.15, 0.2) is 6.29 Å². The van der Waals surface area contributed by atoms with Crippen LogP contribution in [0, 0.1) is 0 Å². The summed E-state index contributed by atoms with van der Waals surface area (Å²) >= 11 is 6.99. The average Bonchev–Trinajstić information content (AvgIpc) is 3.29. The number of hydrogen-bond donors (Lipinski definition) is 2. The van der Waals surface area contributed by atoms with Gasteiger partial charge in [0, 0.05) is 46.2 Å². The fraction of sp³-hybridized carbons (Fsp3) is 0.391. The van der Waals surface area contributed by atoms with E-state index in [2.05, 4.69) is 10.6 Å². The zero-order valence-electron chi connectivity index (χ0n) is 19.0. The van der Waals surface area contributed by atoms with Crippen LogP contribution >= 0.6 is 22.9 Å². The molecule has 178 valence electrons. The van der Waals surface area contributed by atoms with Gasteiger partial charge in [-0.1, -0.05) is 31.5 Å². The minimum atomic E-state index is -0.417. The minimum absolute atomic E-state index is 0.00705. The van der Waals surface area contributed by atoms with Gasteiger partial charge in [0.25, 0.3) is 11.8 Å². The second kappa shape index (κ2) is 13.1.